The quantitative estimate of drug-likeness (QED) is 0.410. The summed E-state index contributed by atoms with van der Waals surface area (Å²) in [6.45, 7) is 9.33. The Bertz CT molecular complexity index is 1240. The van der Waals surface area contributed by atoms with Crippen LogP contribution in [0.2, 0.25) is 0 Å². The Hall–Kier alpha value is -2.72. The van der Waals surface area contributed by atoms with Crippen LogP contribution in [-0.2, 0) is 25.2 Å². The molecule has 8 atom stereocenters. The predicted octanol–water partition coefficient (Wildman–Crippen LogP) is 4.49. The minimum atomic E-state index is -4.58. The molecule has 40 heavy (non-hydrogen) atoms. The zero-order valence-electron chi connectivity index (χ0n) is 22.8. The number of alkyl halides is 3. The molecule has 0 saturated heterocycles. The van der Waals surface area contributed by atoms with Crippen molar-refractivity contribution >= 4 is 17.7 Å². The molecule has 4 aliphatic carbocycles. The summed E-state index contributed by atoms with van der Waals surface area (Å²) in [6.07, 6.45) is -5.80. The zero-order chi connectivity index (χ0) is 29.4. The number of hydrogen-bond donors (Lipinski definition) is 2. The van der Waals surface area contributed by atoms with Gasteiger partial charge in [-0.25, -0.2) is 4.79 Å². The number of carbonyl (C=O) groups is 3. The van der Waals surface area contributed by atoms with Crippen molar-refractivity contribution in [1.29, 1.82) is 0 Å². The maximum atomic E-state index is 14.1. The molecule has 7 nitrogen and oxygen atoms in total. The summed E-state index contributed by atoms with van der Waals surface area (Å²) >= 11 is 0. The minimum absolute atomic E-state index is 0.0453. The number of carbonyl (C=O) groups excluding carboxylic acids is 3. The van der Waals surface area contributed by atoms with Crippen LogP contribution < -0.4 is 0 Å². The highest BCUT2D eigenvalue weighted by Crippen LogP contribution is 2.71. The molecule has 10 heteroatoms. The second-order valence-corrected chi connectivity index (χ2v) is 12.7. The van der Waals surface area contributed by atoms with E-state index < -0.39 is 70.4 Å². The highest BCUT2D eigenvalue weighted by Gasteiger charge is 2.78. The second kappa shape index (κ2) is 9.41. The van der Waals surface area contributed by atoms with Gasteiger partial charge in [0.2, 0.25) is 0 Å². The van der Waals surface area contributed by atoms with E-state index >= 15 is 0 Å². The van der Waals surface area contributed by atoms with E-state index in [-0.39, 0.29) is 41.9 Å². The van der Waals surface area contributed by atoms with Crippen molar-refractivity contribution in [1.82, 2.24) is 0 Å². The molecule has 1 aromatic carbocycles. The van der Waals surface area contributed by atoms with Crippen LogP contribution in [0.3, 0.4) is 0 Å². The van der Waals surface area contributed by atoms with Crippen LogP contribution in [-0.4, -0.2) is 52.9 Å². The number of esters is 2. The minimum Gasteiger partial charge on any atom is -0.465 e. The lowest BCUT2D eigenvalue weighted by Crippen LogP contribution is -2.72. The van der Waals surface area contributed by atoms with Gasteiger partial charge in [0.15, 0.2) is 5.78 Å². The first kappa shape index (κ1) is 28.8. The van der Waals surface area contributed by atoms with Crippen LogP contribution in [0.1, 0.15) is 68.8 Å². The van der Waals surface area contributed by atoms with Crippen LogP contribution in [0.15, 0.2) is 36.4 Å². The van der Waals surface area contributed by atoms with Gasteiger partial charge in [-0.15, -0.1) is 0 Å². The Balaban J connectivity index is 1.60. The van der Waals surface area contributed by atoms with Gasteiger partial charge < -0.3 is 19.7 Å². The molecule has 4 fully saturated rings. The van der Waals surface area contributed by atoms with Crippen LogP contribution in [0.4, 0.5) is 13.2 Å². The van der Waals surface area contributed by atoms with Gasteiger partial charge in [-0.3, -0.25) is 9.59 Å². The number of fused-ring (bicyclic) bond motifs is 3. The number of rotatable bonds is 4. The largest absolute Gasteiger partial charge is 0.465 e. The summed E-state index contributed by atoms with van der Waals surface area (Å²) in [5, 5.41) is 23.5. The van der Waals surface area contributed by atoms with Crippen LogP contribution in [0, 0.1) is 34.0 Å². The molecule has 2 bridgehead atoms. The average Bonchev–Trinajstić information content (AvgIpc) is 3.00. The zero-order valence-corrected chi connectivity index (χ0v) is 22.8. The summed E-state index contributed by atoms with van der Waals surface area (Å²) in [7, 11) is 0. The smallest absolute Gasteiger partial charge is 0.416 e. The van der Waals surface area contributed by atoms with E-state index in [1.54, 1.807) is 0 Å². The molecular weight excluding hydrogens is 529 g/mol. The molecule has 1 aromatic rings. The standard InChI is InChI=1S/C30H35F3O7/c1-15-19-12-20(35)23-28(14-39-16(2)34)11-5-10-27(3,4)21(28)13-22(36)29(23,24(15)37)25(19)40-26(38)17-6-8-18(9-7-17)30(31,32)33/h6-9,19-23,25,35-36H,1,5,10-14H2,2-4H3/t19-,20+,21-,22-,23+,25-,28+,29-/m1/s1. The molecule has 4 aliphatic rings. The number of ether oxygens (including phenoxy) is 2. The number of Topliss-reactive ketones (excluding diaryl/α,β-unsaturated/α-hetero) is 1. The first-order chi connectivity index (χ1) is 18.6. The van der Waals surface area contributed by atoms with E-state index in [9.17, 15) is 37.8 Å². The number of aliphatic hydroxyl groups is 2. The maximum Gasteiger partial charge on any atom is 0.416 e. The molecule has 1 spiro atoms. The third-order valence-electron chi connectivity index (χ3n) is 10.3. The Kier molecular flexibility index (Phi) is 6.77. The lowest BCUT2D eigenvalue weighted by molar-refractivity contribution is -0.264. The Labute approximate surface area is 230 Å². The van der Waals surface area contributed by atoms with Crippen molar-refractivity contribution in [2.45, 2.75) is 77.4 Å². The highest BCUT2D eigenvalue weighted by atomic mass is 19.4. The lowest BCUT2D eigenvalue weighted by Gasteiger charge is -2.66. The first-order valence-electron chi connectivity index (χ1n) is 13.7. The first-order valence-corrected chi connectivity index (χ1v) is 13.7. The maximum absolute atomic E-state index is 14.1. The Morgan fingerprint density at radius 3 is 2.35 bits per heavy atom. The van der Waals surface area contributed by atoms with Crippen molar-refractivity contribution in [2.75, 3.05) is 6.61 Å². The van der Waals surface area contributed by atoms with Crippen LogP contribution in [0.25, 0.3) is 0 Å². The second-order valence-electron chi connectivity index (χ2n) is 12.7. The van der Waals surface area contributed by atoms with E-state index in [4.69, 9.17) is 9.47 Å². The van der Waals surface area contributed by atoms with Gasteiger partial charge in [0.1, 0.15) is 11.5 Å². The van der Waals surface area contributed by atoms with Crippen molar-refractivity contribution in [3.63, 3.8) is 0 Å². The molecule has 2 N–H and O–H groups in total. The number of benzene rings is 1. The lowest BCUT2D eigenvalue weighted by atomic mass is 9.39. The van der Waals surface area contributed by atoms with Crippen molar-refractivity contribution in [3.8, 4) is 0 Å². The number of aliphatic hydroxyl groups excluding tert-OH is 2. The van der Waals surface area contributed by atoms with Gasteiger partial charge in [0.25, 0.3) is 0 Å². The van der Waals surface area contributed by atoms with Crippen molar-refractivity contribution < 1.29 is 47.2 Å². The van der Waals surface area contributed by atoms with Crippen molar-refractivity contribution in [3.05, 3.63) is 47.5 Å². The molecule has 0 amide bonds. The number of ketones is 1. The summed E-state index contributed by atoms with van der Waals surface area (Å²) in [5.41, 5.74) is -3.83. The molecule has 4 saturated carbocycles. The van der Waals surface area contributed by atoms with E-state index in [0.717, 1.165) is 37.1 Å². The van der Waals surface area contributed by atoms with E-state index in [1.807, 2.05) is 0 Å². The van der Waals surface area contributed by atoms with E-state index in [2.05, 4.69) is 20.4 Å². The van der Waals surface area contributed by atoms with Crippen molar-refractivity contribution in [2.24, 2.45) is 34.0 Å². The number of halogens is 3. The van der Waals surface area contributed by atoms with Gasteiger partial charge in [-0.05, 0) is 66.9 Å². The Morgan fingerprint density at radius 2 is 1.75 bits per heavy atom. The molecule has 218 valence electrons. The summed E-state index contributed by atoms with van der Waals surface area (Å²) in [4.78, 5) is 39.4. The van der Waals surface area contributed by atoms with Crippen LogP contribution in [0.5, 0.6) is 0 Å². The van der Waals surface area contributed by atoms with Gasteiger partial charge in [0.05, 0.1) is 29.9 Å². The SMILES string of the molecule is C=C1C(=O)[C@@]23[C@H](O)C[C@@H]4C(C)(C)CCC[C@@]4(COC(C)=O)[C@@H]2[C@@H](O)C[C@H]1[C@H]3OC(=O)c1ccc(C(F)(F)F)cc1. The Morgan fingerprint density at radius 1 is 1.10 bits per heavy atom. The van der Waals surface area contributed by atoms with Gasteiger partial charge in [-0.1, -0.05) is 26.8 Å². The predicted molar refractivity (Wildman–Crippen MR) is 136 cm³/mol. The topological polar surface area (TPSA) is 110 Å². The summed E-state index contributed by atoms with van der Waals surface area (Å²) in [6, 6.07) is 3.57. The average molecular weight is 565 g/mol. The molecule has 0 unspecified atom stereocenters. The molecule has 0 aliphatic heterocycles. The van der Waals surface area contributed by atoms with E-state index in [0.29, 0.717) is 6.42 Å². The van der Waals surface area contributed by atoms with Crippen LogP contribution >= 0.6 is 0 Å². The summed E-state index contributed by atoms with van der Waals surface area (Å²) in [5.74, 6) is -3.81. The summed E-state index contributed by atoms with van der Waals surface area (Å²) < 4.78 is 50.7. The van der Waals surface area contributed by atoms with E-state index in [1.165, 1.54) is 6.92 Å². The molecular formula is C30H35F3O7. The molecule has 0 radical (unpaired) electrons. The molecule has 5 rings (SSSR count). The third kappa shape index (κ3) is 4.04. The molecule has 0 heterocycles. The third-order valence-corrected chi connectivity index (χ3v) is 10.3. The molecule has 0 aromatic heterocycles. The normalized spacial score (nSPS) is 38.3. The number of hydrogen-bond acceptors (Lipinski definition) is 7. The van der Waals surface area contributed by atoms with Gasteiger partial charge in [0, 0.05) is 24.2 Å². The van der Waals surface area contributed by atoms with Gasteiger partial charge in [-0.2, -0.15) is 13.2 Å². The fourth-order valence-corrected chi connectivity index (χ4v) is 8.80. The fourth-order valence-electron chi connectivity index (χ4n) is 8.80. The monoisotopic (exact) mass is 564 g/mol. The highest BCUT2D eigenvalue weighted by molar-refractivity contribution is 6.05. The van der Waals surface area contributed by atoms with Gasteiger partial charge >= 0.3 is 18.1 Å². The fraction of sp³-hybridized carbons (Fsp3) is 0.633.